The van der Waals surface area contributed by atoms with Crippen LogP contribution >= 0.6 is 0 Å². The molecular weight excluding hydrogens is 368 g/mol. The number of fused-ring (bicyclic) bond motifs is 1. The minimum Gasteiger partial charge on any atom is -0.497 e. The Morgan fingerprint density at radius 1 is 1.10 bits per heavy atom. The molecule has 1 N–H and O–H groups in total. The third kappa shape index (κ3) is 5.21. The van der Waals surface area contributed by atoms with Crippen molar-refractivity contribution in [2.75, 3.05) is 27.0 Å². The van der Waals surface area contributed by atoms with Crippen molar-refractivity contribution in [2.45, 2.75) is 38.3 Å². The second kappa shape index (κ2) is 9.18. The maximum Gasteiger partial charge on any atom is 0.231 e. The highest BCUT2D eigenvalue weighted by Crippen LogP contribution is 2.32. The van der Waals surface area contributed by atoms with Crippen LogP contribution in [0.1, 0.15) is 30.4 Å². The van der Waals surface area contributed by atoms with Crippen LogP contribution in [0, 0.1) is 0 Å². The molecule has 154 valence electrons. The highest BCUT2D eigenvalue weighted by atomic mass is 16.7. The van der Waals surface area contributed by atoms with Crippen LogP contribution in [-0.4, -0.2) is 43.8 Å². The number of likely N-dealkylation sites (tertiary alicyclic amines) is 1. The lowest BCUT2D eigenvalue weighted by molar-refractivity contribution is -0.122. The Kier molecular flexibility index (Phi) is 6.20. The van der Waals surface area contributed by atoms with Crippen molar-refractivity contribution in [3.8, 4) is 17.2 Å². The number of ether oxygens (including phenoxy) is 3. The summed E-state index contributed by atoms with van der Waals surface area (Å²) in [6.45, 7) is 3.17. The van der Waals surface area contributed by atoms with Gasteiger partial charge in [0.2, 0.25) is 12.7 Å². The van der Waals surface area contributed by atoms with E-state index in [2.05, 4.69) is 22.3 Å². The second-order valence-corrected chi connectivity index (χ2v) is 7.66. The van der Waals surface area contributed by atoms with Crippen molar-refractivity contribution in [3.63, 3.8) is 0 Å². The van der Waals surface area contributed by atoms with Crippen molar-refractivity contribution in [1.82, 2.24) is 10.2 Å². The largest absolute Gasteiger partial charge is 0.497 e. The van der Waals surface area contributed by atoms with E-state index in [1.165, 1.54) is 5.56 Å². The van der Waals surface area contributed by atoms with Crippen molar-refractivity contribution < 1.29 is 19.0 Å². The first kappa shape index (κ1) is 19.6. The molecule has 2 aromatic rings. The van der Waals surface area contributed by atoms with E-state index in [0.29, 0.717) is 12.8 Å². The van der Waals surface area contributed by atoms with E-state index in [-0.39, 0.29) is 18.7 Å². The summed E-state index contributed by atoms with van der Waals surface area (Å²) >= 11 is 0. The molecule has 6 heteroatoms. The van der Waals surface area contributed by atoms with Gasteiger partial charge in [0.25, 0.3) is 0 Å². The molecule has 0 aliphatic carbocycles. The minimum atomic E-state index is 0.119. The van der Waals surface area contributed by atoms with Gasteiger partial charge in [-0.2, -0.15) is 0 Å². The normalized spacial score (nSPS) is 16.6. The Balaban J connectivity index is 1.18. The topological polar surface area (TPSA) is 60.0 Å². The molecule has 1 saturated heterocycles. The molecule has 2 aromatic carbocycles. The number of piperidine rings is 1. The highest BCUT2D eigenvalue weighted by molar-refractivity contribution is 5.76. The predicted octanol–water partition coefficient (Wildman–Crippen LogP) is 3.14. The van der Waals surface area contributed by atoms with Crippen molar-refractivity contribution >= 4 is 5.91 Å². The fraction of sp³-hybridized carbons (Fsp3) is 0.435. The molecule has 29 heavy (non-hydrogen) atoms. The van der Waals surface area contributed by atoms with E-state index in [1.807, 2.05) is 30.3 Å². The summed E-state index contributed by atoms with van der Waals surface area (Å²) < 4.78 is 16.0. The summed E-state index contributed by atoms with van der Waals surface area (Å²) in [5, 5.41) is 3.20. The van der Waals surface area contributed by atoms with E-state index in [0.717, 1.165) is 55.3 Å². The van der Waals surface area contributed by atoms with Crippen LogP contribution in [0.25, 0.3) is 0 Å². The Bertz CT molecular complexity index is 847. The van der Waals surface area contributed by atoms with Gasteiger partial charge in [-0.1, -0.05) is 18.2 Å². The average Bonchev–Trinajstić information content (AvgIpc) is 3.22. The van der Waals surface area contributed by atoms with Gasteiger partial charge in [-0.05, 0) is 54.7 Å². The number of carbonyl (C=O) groups is 1. The summed E-state index contributed by atoms with van der Waals surface area (Å²) in [7, 11) is 1.69. The lowest BCUT2D eigenvalue weighted by atomic mass is 10.0. The fourth-order valence-corrected chi connectivity index (χ4v) is 3.92. The molecule has 0 radical (unpaired) electrons. The summed E-state index contributed by atoms with van der Waals surface area (Å²) in [5.74, 6) is 2.56. The lowest BCUT2D eigenvalue weighted by Gasteiger charge is -2.32. The molecule has 2 aliphatic rings. The summed E-state index contributed by atoms with van der Waals surface area (Å²) in [5.41, 5.74) is 2.35. The number of amides is 1. The molecule has 2 heterocycles. The van der Waals surface area contributed by atoms with E-state index in [9.17, 15) is 4.79 Å². The molecular formula is C23H28N2O4. The monoisotopic (exact) mass is 396 g/mol. The predicted molar refractivity (Wildman–Crippen MR) is 110 cm³/mol. The summed E-state index contributed by atoms with van der Waals surface area (Å²) in [6, 6.07) is 14.4. The number of nitrogens with one attached hydrogen (secondary N) is 1. The van der Waals surface area contributed by atoms with Crippen molar-refractivity contribution in [3.05, 3.63) is 53.6 Å². The third-order valence-corrected chi connectivity index (χ3v) is 5.57. The maximum absolute atomic E-state index is 12.4. The average molecular weight is 396 g/mol. The number of hydrogen-bond donors (Lipinski definition) is 1. The number of carbonyl (C=O) groups excluding carboxylic acids is 1. The van der Waals surface area contributed by atoms with Crippen LogP contribution in [0.5, 0.6) is 17.2 Å². The molecule has 6 nitrogen and oxygen atoms in total. The van der Waals surface area contributed by atoms with E-state index >= 15 is 0 Å². The van der Waals surface area contributed by atoms with Gasteiger partial charge >= 0.3 is 0 Å². The SMILES string of the molecule is COc1cccc(CN2CCC(NC(=O)CCc3ccc4c(c3)OCO4)CC2)c1. The molecule has 4 rings (SSSR count). The highest BCUT2D eigenvalue weighted by Gasteiger charge is 2.21. The molecule has 0 atom stereocenters. The van der Waals surface area contributed by atoms with Crippen LogP contribution in [0.2, 0.25) is 0 Å². The first-order valence-electron chi connectivity index (χ1n) is 10.2. The lowest BCUT2D eigenvalue weighted by Crippen LogP contribution is -2.44. The number of aryl methyl sites for hydroxylation is 1. The van der Waals surface area contributed by atoms with Crippen LogP contribution in [0.4, 0.5) is 0 Å². The van der Waals surface area contributed by atoms with Gasteiger partial charge in [0.15, 0.2) is 11.5 Å². The van der Waals surface area contributed by atoms with Crippen molar-refractivity contribution in [2.24, 2.45) is 0 Å². The summed E-state index contributed by atoms with van der Waals surface area (Å²) in [4.78, 5) is 14.8. The zero-order valence-corrected chi connectivity index (χ0v) is 16.9. The molecule has 1 amide bonds. The van der Waals surface area contributed by atoms with E-state index < -0.39 is 0 Å². The molecule has 0 saturated carbocycles. The Morgan fingerprint density at radius 2 is 1.93 bits per heavy atom. The van der Waals surface area contributed by atoms with E-state index in [1.54, 1.807) is 7.11 Å². The van der Waals surface area contributed by atoms with Crippen LogP contribution in [0.3, 0.4) is 0 Å². The number of hydrogen-bond acceptors (Lipinski definition) is 5. The van der Waals surface area contributed by atoms with Gasteiger partial charge in [-0.3, -0.25) is 9.69 Å². The molecule has 0 aromatic heterocycles. The van der Waals surface area contributed by atoms with Gasteiger partial charge in [0.05, 0.1) is 7.11 Å². The zero-order valence-electron chi connectivity index (χ0n) is 16.9. The standard InChI is InChI=1S/C23H28N2O4/c1-27-20-4-2-3-18(13-20)15-25-11-9-19(10-12-25)24-23(26)8-6-17-5-7-21-22(14-17)29-16-28-21/h2-5,7,13-14,19H,6,8-12,15-16H2,1H3,(H,24,26). The van der Waals surface area contributed by atoms with Gasteiger partial charge in [0, 0.05) is 32.1 Å². The number of methoxy groups -OCH3 is 1. The fourth-order valence-electron chi connectivity index (χ4n) is 3.92. The minimum absolute atomic E-state index is 0.119. The molecule has 1 fully saturated rings. The molecule has 2 aliphatic heterocycles. The number of nitrogens with zero attached hydrogens (tertiary/aromatic N) is 1. The van der Waals surface area contributed by atoms with Gasteiger partial charge in [-0.25, -0.2) is 0 Å². The smallest absolute Gasteiger partial charge is 0.231 e. The first-order chi connectivity index (χ1) is 14.2. The first-order valence-corrected chi connectivity index (χ1v) is 10.2. The van der Waals surface area contributed by atoms with E-state index in [4.69, 9.17) is 14.2 Å². The molecule has 0 unspecified atom stereocenters. The van der Waals surface area contributed by atoms with Crippen LogP contribution < -0.4 is 19.5 Å². The van der Waals surface area contributed by atoms with Gasteiger partial charge in [-0.15, -0.1) is 0 Å². The maximum atomic E-state index is 12.4. The third-order valence-electron chi connectivity index (χ3n) is 5.57. The zero-order chi connectivity index (χ0) is 20.1. The van der Waals surface area contributed by atoms with Crippen LogP contribution in [0.15, 0.2) is 42.5 Å². The van der Waals surface area contributed by atoms with Crippen molar-refractivity contribution in [1.29, 1.82) is 0 Å². The van der Waals surface area contributed by atoms with Gasteiger partial charge in [0.1, 0.15) is 5.75 Å². The number of benzene rings is 2. The van der Waals surface area contributed by atoms with Gasteiger partial charge < -0.3 is 19.5 Å². The quantitative estimate of drug-likeness (QED) is 0.779. The Hall–Kier alpha value is -2.73. The number of rotatable bonds is 7. The molecule has 0 bridgehead atoms. The molecule has 0 spiro atoms. The Morgan fingerprint density at radius 3 is 2.76 bits per heavy atom. The second-order valence-electron chi connectivity index (χ2n) is 7.66. The van der Waals surface area contributed by atoms with Crippen LogP contribution in [-0.2, 0) is 17.8 Å². The Labute approximate surface area is 171 Å². The summed E-state index contributed by atoms with van der Waals surface area (Å²) in [6.07, 6.45) is 3.17.